The van der Waals surface area contributed by atoms with Gasteiger partial charge in [-0.2, -0.15) is 22.3 Å². The van der Waals surface area contributed by atoms with Crippen molar-refractivity contribution in [2.45, 2.75) is 27.7 Å². The van der Waals surface area contributed by atoms with Crippen molar-refractivity contribution in [3.8, 4) is 6.07 Å². The summed E-state index contributed by atoms with van der Waals surface area (Å²) < 4.78 is 27.0. The summed E-state index contributed by atoms with van der Waals surface area (Å²) in [6, 6.07) is 2.05. The Morgan fingerprint density at radius 1 is 1.12 bits per heavy atom. The van der Waals surface area contributed by atoms with Gasteiger partial charge in [0.1, 0.15) is 0 Å². The number of nitriles is 1. The van der Waals surface area contributed by atoms with Crippen molar-refractivity contribution in [3.05, 3.63) is 0 Å². The SMILES string of the molecule is CCN(CC)S(=O)(=O)N(CC)C[C@@H](C)C#N. The monoisotopic (exact) mass is 247 g/mol. The lowest BCUT2D eigenvalue weighted by Gasteiger charge is -2.28. The van der Waals surface area contributed by atoms with Crippen LogP contribution in [0, 0.1) is 17.2 Å². The largest absolute Gasteiger partial charge is 0.281 e. The van der Waals surface area contributed by atoms with Crippen LogP contribution in [0.15, 0.2) is 0 Å². The molecule has 0 heterocycles. The second kappa shape index (κ2) is 6.84. The Balaban J connectivity index is 4.88. The number of rotatable bonds is 7. The van der Waals surface area contributed by atoms with Crippen LogP contribution in [0.2, 0.25) is 0 Å². The molecule has 16 heavy (non-hydrogen) atoms. The highest BCUT2D eigenvalue weighted by molar-refractivity contribution is 7.86. The Bertz CT molecular complexity index is 330. The third-order valence-electron chi connectivity index (χ3n) is 2.41. The highest BCUT2D eigenvalue weighted by Gasteiger charge is 2.27. The van der Waals surface area contributed by atoms with Gasteiger partial charge in [0.25, 0.3) is 10.2 Å². The fourth-order valence-electron chi connectivity index (χ4n) is 1.45. The Kier molecular flexibility index (Phi) is 6.56. The van der Waals surface area contributed by atoms with E-state index in [0.717, 1.165) is 0 Å². The van der Waals surface area contributed by atoms with E-state index in [1.807, 2.05) is 13.8 Å². The van der Waals surface area contributed by atoms with E-state index in [2.05, 4.69) is 6.07 Å². The third kappa shape index (κ3) is 3.74. The molecule has 0 unspecified atom stereocenters. The number of nitrogens with zero attached hydrogens (tertiary/aromatic N) is 3. The lowest BCUT2D eigenvalue weighted by Crippen LogP contribution is -2.45. The zero-order valence-corrected chi connectivity index (χ0v) is 11.3. The van der Waals surface area contributed by atoms with Gasteiger partial charge in [0.05, 0.1) is 12.0 Å². The van der Waals surface area contributed by atoms with Gasteiger partial charge in [-0.15, -0.1) is 0 Å². The van der Waals surface area contributed by atoms with Crippen molar-refractivity contribution in [2.24, 2.45) is 5.92 Å². The summed E-state index contributed by atoms with van der Waals surface area (Å²) >= 11 is 0. The summed E-state index contributed by atoms with van der Waals surface area (Å²) in [6.45, 7) is 8.68. The normalized spacial score (nSPS) is 14.1. The minimum atomic E-state index is -3.40. The molecule has 0 aliphatic carbocycles. The topological polar surface area (TPSA) is 64.4 Å². The summed E-state index contributed by atoms with van der Waals surface area (Å²) in [5.74, 6) is -0.287. The minimum absolute atomic E-state index is 0.256. The predicted octanol–water partition coefficient (Wildman–Crippen LogP) is 1.05. The van der Waals surface area contributed by atoms with Gasteiger partial charge in [-0.25, -0.2) is 0 Å². The third-order valence-corrected chi connectivity index (χ3v) is 4.64. The van der Waals surface area contributed by atoms with Gasteiger partial charge in [-0.3, -0.25) is 0 Å². The van der Waals surface area contributed by atoms with E-state index in [4.69, 9.17) is 5.26 Å². The molecule has 0 fully saturated rings. The molecule has 5 nitrogen and oxygen atoms in total. The summed E-state index contributed by atoms with van der Waals surface area (Å²) in [5, 5.41) is 8.71. The highest BCUT2D eigenvalue weighted by Crippen LogP contribution is 2.10. The zero-order chi connectivity index (χ0) is 12.8. The van der Waals surface area contributed by atoms with Crippen LogP contribution < -0.4 is 0 Å². The molecule has 0 N–H and O–H groups in total. The first-order valence-corrected chi connectivity index (χ1v) is 6.98. The molecule has 0 aliphatic heterocycles. The van der Waals surface area contributed by atoms with Gasteiger partial charge in [-0.1, -0.05) is 20.8 Å². The Morgan fingerprint density at radius 3 is 1.88 bits per heavy atom. The van der Waals surface area contributed by atoms with Crippen LogP contribution in [0.1, 0.15) is 27.7 Å². The summed E-state index contributed by atoms with van der Waals surface area (Å²) in [7, 11) is -3.40. The van der Waals surface area contributed by atoms with E-state index in [9.17, 15) is 8.42 Å². The molecule has 0 aromatic rings. The van der Waals surface area contributed by atoms with Crippen molar-refractivity contribution >= 4 is 10.2 Å². The van der Waals surface area contributed by atoms with Crippen molar-refractivity contribution in [1.82, 2.24) is 8.61 Å². The molecule has 1 atom stereocenters. The molecule has 0 aromatic carbocycles. The standard InChI is InChI=1S/C10H21N3O2S/c1-5-12(6-2)16(14,15)13(7-3)9-10(4)8-11/h10H,5-7,9H2,1-4H3/t10-/m0/s1. The van der Waals surface area contributed by atoms with Gasteiger partial charge in [0.15, 0.2) is 0 Å². The number of hydrogen-bond donors (Lipinski definition) is 0. The lowest BCUT2D eigenvalue weighted by molar-refractivity contribution is 0.342. The van der Waals surface area contributed by atoms with Crippen LogP contribution in [0.3, 0.4) is 0 Å². The van der Waals surface area contributed by atoms with Crippen LogP contribution in [0.4, 0.5) is 0 Å². The second-order valence-corrected chi connectivity index (χ2v) is 5.50. The molecule has 0 bridgehead atoms. The molecule has 0 aromatic heterocycles. The van der Waals surface area contributed by atoms with Crippen molar-refractivity contribution < 1.29 is 8.42 Å². The molecule has 6 heteroatoms. The quantitative estimate of drug-likeness (QED) is 0.675. The summed E-state index contributed by atoms with van der Waals surface area (Å²) in [4.78, 5) is 0. The van der Waals surface area contributed by atoms with Gasteiger partial charge < -0.3 is 0 Å². The first-order valence-electron chi connectivity index (χ1n) is 5.58. The Hall–Kier alpha value is -0.640. The van der Waals surface area contributed by atoms with Crippen molar-refractivity contribution in [3.63, 3.8) is 0 Å². The second-order valence-electron chi connectivity index (χ2n) is 3.57. The van der Waals surface area contributed by atoms with Gasteiger partial charge in [0, 0.05) is 26.2 Å². The molecule has 0 saturated carbocycles. The van der Waals surface area contributed by atoms with Crippen LogP contribution in [0.5, 0.6) is 0 Å². The molecule has 0 radical (unpaired) electrons. The minimum Gasteiger partial charge on any atom is -0.198 e. The van der Waals surface area contributed by atoms with E-state index in [-0.39, 0.29) is 12.5 Å². The Labute approximate surface area is 98.8 Å². The Morgan fingerprint density at radius 2 is 1.56 bits per heavy atom. The molecular formula is C10H21N3O2S. The molecule has 0 aliphatic rings. The fraction of sp³-hybridized carbons (Fsp3) is 0.900. The predicted molar refractivity (Wildman–Crippen MR) is 63.9 cm³/mol. The summed E-state index contributed by atoms with van der Waals surface area (Å²) in [5.41, 5.74) is 0. The maximum Gasteiger partial charge on any atom is 0.281 e. The summed E-state index contributed by atoms with van der Waals surface area (Å²) in [6.07, 6.45) is 0. The van der Waals surface area contributed by atoms with E-state index >= 15 is 0 Å². The smallest absolute Gasteiger partial charge is 0.198 e. The van der Waals surface area contributed by atoms with Crippen LogP contribution >= 0.6 is 0 Å². The first kappa shape index (κ1) is 15.4. The van der Waals surface area contributed by atoms with E-state index in [1.54, 1.807) is 13.8 Å². The molecule has 94 valence electrons. The molecule has 0 amide bonds. The van der Waals surface area contributed by atoms with Crippen LogP contribution in [0.25, 0.3) is 0 Å². The first-order chi connectivity index (χ1) is 7.43. The molecule has 0 spiro atoms. The van der Waals surface area contributed by atoms with Crippen LogP contribution in [-0.4, -0.2) is 43.2 Å². The van der Waals surface area contributed by atoms with Gasteiger partial charge in [-0.05, 0) is 6.92 Å². The number of hydrogen-bond acceptors (Lipinski definition) is 3. The van der Waals surface area contributed by atoms with E-state index in [1.165, 1.54) is 8.61 Å². The molecule has 0 saturated heterocycles. The van der Waals surface area contributed by atoms with Crippen molar-refractivity contribution in [2.75, 3.05) is 26.2 Å². The van der Waals surface area contributed by atoms with Crippen LogP contribution in [-0.2, 0) is 10.2 Å². The molecular weight excluding hydrogens is 226 g/mol. The lowest BCUT2D eigenvalue weighted by atomic mass is 10.2. The van der Waals surface area contributed by atoms with E-state index in [0.29, 0.717) is 19.6 Å². The van der Waals surface area contributed by atoms with Gasteiger partial charge in [0.2, 0.25) is 0 Å². The maximum atomic E-state index is 12.1. The average Bonchev–Trinajstić information content (AvgIpc) is 2.26. The highest BCUT2D eigenvalue weighted by atomic mass is 32.2. The average molecular weight is 247 g/mol. The fourth-order valence-corrected chi connectivity index (χ4v) is 3.16. The maximum absolute atomic E-state index is 12.1. The zero-order valence-electron chi connectivity index (χ0n) is 10.5. The van der Waals surface area contributed by atoms with Gasteiger partial charge >= 0.3 is 0 Å². The van der Waals surface area contributed by atoms with E-state index < -0.39 is 10.2 Å². The van der Waals surface area contributed by atoms with Crippen molar-refractivity contribution in [1.29, 1.82) is 5.26 Å². The molecule has 0 rings (SSSR count).